The van der Waals surface area contributed by atoms with Crippen LogP contribution in [-0.2, 0) is 0 Å². The first kappa shape index (κ1) is 12.9. The summed E-state index contributed by atoms with van der Waals surface area (Å²) in [5, 5.41) is 12.6. The van der Waals surface area contributed by atoms with Crippen LogP contribution in [0.1, 0.15) is 41.0 Å². The average molecular weight is 187 g/mol. The second-order valence-corrected chi connectivity index (χ2v) is 5.02. The zero-order valence-corrected chi connectivity index (χ0v) is 9.72. The first-order valence-corrected chi connectivity index (χ1v) is 5.26. The molecule has 0 fully saturated rings. The Morgan fingerprint density at radius 2 is 1.85 bits per heavy atom. The lowest BCUT2D eigenvalue weighted by molar-refractivity contribution is 0.155. The van der Waals surface area contributed by atoms with Crippen LogP contribution in [0.4, 0.5) is 0 Å². The second kappa shape index (κ2) is 5.61. The number of hydrogen-bond donors (Lipinski definition) is 2. The van der Waals surface area contributed by atoms with E-state index in [1.165, 1.54) is 6.42 Å². The van der Waals surface area contributed by atoms with E-state index < -0.39 is 0 Å². The van der Waals surface area contributed by atoms with Crippen molar-refractivity contribution >= 4 is 0 Å². The third-order valence-electron chi connectivity index (χ3n) is 2.64. The van der Waals surface area contributed by atoms with Gasteiger partial charge in [-0.2, -0.15) is 0 Å². The molecule has 80 valence electrons. The first-order chi connectivity index (χ1) is 5.91. The zero-order valence-electron chi connectivity index (χ0n) is 9.72. The third kappa shape index (κ3) is 5.27. The van der Waals surface area contributed by atoms with Crippen LogP contribution in [0.5, 0.6) is 0 Å². The summed E-state index contributed by atoms with van der Waals surface area (Å²) in [5.41, 5.74) is 0.141. The molecule has 0 aromatic carbocycles. The van der Waals surface area contributed by atoms with Crippen molar-refractivity contribution in [3.8, 4) is 0 Å². The lowest BCUT2D eigenvalue weighted by atomic mass is 9.87. The smallest absolute Gasteiger partial charge is 0.0589 e. The summed E-state index contributed by atoms with van der Waals surface area (Å²) in [7, 11) is 0. The van der Waals surface area contributed by atoms with E-state index in [0.29, 0.717) is 5.92 Å². The maximum absolute atomic E-state index is 9.18. The summed E-state index contributed by atoms with van der Waals surface area (Å²) in [5.74, 6) is 0.691. The molecule has 13 heavy (non-hydrogen) atoms. The van der Waals surface area contributed by atoms with E-state index in [1.54, 1.807) is 0 Å². The van der Waals surface area contributed by atoms with Crippen LogP contribution < -0.4 is 5.32 Å². The van der Waals surface area contributed by atoms with Crippen molar-refractivity contribution in [3.05, 3.63) is 0 Å². The molecule has 1 unspecified atom stereocenters. The molecular formula is C11H25NO. The lowest BCUT2D eigenvalue weighted by Crippen LogP contribution is -2.44. The van der Waals surface area contributed by atoms with Gasteiger partial charge >= 0.3 is 0 Å². The average Bonchev–Trinajstić information content (AvgIpc) is 2.02. The summed E-state index contributed by atoms with van der Waals surface area (Å²) in [6.07, 6.45) is 1.19. The summed E-state index contributed by atoms with van der Waals surface area (Å²) in [6, 6.07) is 0.210. The molecule has 0 aromatic heterocycles. The molecule has 0 rings (SSSR count). The molecule has 2 N–H and O–H groups in total. The Labute approximate surface area is 82.7 Å². The van der Waals surface area contributed by atoms with Gasteiger partial charge in [0, 0.05) is 6.04 Å². The SMILES string of the molecule is CCC(C)CN[C@H](CO)C(C)(C)C. The molecule has 0 aromatic rings. The van der Waals surface area contributed by atoms with Crippen molar-refractivity contribution in [2.75, 3.05) is 13.2 Å². The van der Waals surface area contributed by atoms with Gasteiger partial charge in [-0.05, 0) is 17.9 Å². The summed E-state index contributed by atoms with van der Waals surface area (Å²) in [6.45, 7) is 12.1. The molecule has 0 saturated carbocycles. The molecule has 0 aliphatic carbocycles. The monoisotopic (exact) mass is 187 g/mol. The van der Waals surface area contributed by atoms with E-state index in [9.17, 15) is 5.11 Å². The Morgan fingerprint density at radius 1 is 1.31 bits per heavy atom. The van der Waals surface area contributed by atoms with Gasteiger partial charge in [-0.3, -0.25) is 0 Å². The van der Waals surface area contributed by atoms with E-state index in [1.807, 2.05) is 0 Å². The van der Waals surface area contributed by atoms with Crippen LogP contribution in [-0.4, -0.2) is 24.3 Å². The largest absolute Gasteiger partial charge is 0.395 e. The predicted molar refractivity (Wildman–Crippen MR) is 57.8 cm³/mol. The van der Waals surface area contributed by atoms with Crippen LogP contribution in [0.2, 0.25) is 0 Å². The molecule has 0 heterocycles. The van der Waals surface area contributed by atoms with E-state index in [2.05, 4.69) is 39.9 Å². The van der Waals surface area contributed by atoms with E-state index in [0.717, 1.165) is 6.54 Å². The topological polar surface area (TPSA) is 32.3 Å². The minimum atomic E-state index is 0.141. The number of nitrogens with one attached hydrogen (secondary N) is 1. The number of aliphatic hydroxyl groups excluding tert-OH is 1. The third-order valence-corrected chi connectivity index (χ3v) is 2.64. The van der Waals surface area contributed by atoms with Crippen molar-refractivity contribution in [3.63, 3.8) is 0 Å². The second-order valence-electron chi connectivity index (χ2n) is 5.02. The molecule has 0 aliphatic rings. The van der Waals surface area contributed by atoms with E-state index >= 15 is 0 Å². The highest BCUT2D eigenvalue weighted by atomic mass is 16.3. The Balaban J connectivity index is 3.86. The van der Waals surface area contributed by atoms with Crippen LogP contribution in [0.15, 0.2) is 0 Å². The van der Waals surface area contributed by atoms with Gasteiger partial charge in [0.1, 0.15) is 0 Å². The van der Waals surface area contributed by atoms with Gasteiger partial charge in [0.2, 0.25) is 0 Å². The number of rotatable bonds is 5. The molecule has 2 atom stereocenters. The zero-order chi connectivity index (χ0) is 10.5. The van der Waals surface area contributed by atoms with E-state index in [-0.39, 0.29) is 18.1 Å². The normalized spacial score (nSPS) is 17.1. The van der Waals surface area contributed by atoms with Crippen molar-refractivity contribution in [1.29, 1.82) is 0 Å². The Kier molecular flexibility index (Phi) is 5.57. The molecule has 0 amide bonds. The molecule has 0 bridgehead atoms. The van der Waals surface area contributed by atoms with Gasteiger partial charge in [-0.15, -0.1) is 0 Å². The van der Waals surface area contributed by atoms with E-state index in [4.69, 9.17) is 0 Å². The Bertz CT molecular complexity index is 129. The highest BCUT2D eigenvalue weighted by molar-refractivity contribution is 4.80. The molecule has 0 saturated heterocycles. The number of aliphatic hydroxyl groups is 1. The predicted octanol–water partition coefficient (Wildman–Crippen LogP) is 2.03. The van der Waals surface area contributed by atoms with Crippen molar-refractivity contribution in [1.82, 2.24) is 5.32 Å². The van der Waals surface area contributed by atoms with Gasteiger partial charge in [-0.1, -0.05) is 41.0 Å². The number of hydrogen-bond acceptors (Lipinski definition) is 2. The van der Waals surface area contributed by atoms with Crippen molar-refractivity contribution < 1.29 is 5.11 Å². The van der Waals surface area contributed by atoms with Crippen molar-refractivity contribution in [2.45, 2.75) is 47.1 Å². The first-order valence-electron chi connectivity index (χ1n) is 5.26. The maximum atomic E-state index is 9.18. The fourth-order valence-electron chi connectivity index (χ4n) is 1.13. The molecule has 0 aliphatic heterocycles. The highest BCUT2D eigenvalue weighted by Crippen LogP contribution is 2.18. The summed E-state index contributed by atoms with van der Waals surface area (Å²) < 4.78 is 0. The molecule has 2 heteroatoms. The van der Waals surface area contributed by atoms with Gasteiger partial charge < -0.3 is 10.4 Å². The highest BCUT2D eigenvalue weighted by Gasteiger charge is 2.23. The minimum Gasteiger partial charge on any atom is -0.395 e. The maximum Gasteiger partial charge on any atom is 0.0589 e. The van der Waals surface area contributed by atoms with Gasteiger partial charge in [-0.25, -0.2) is 0 Å². The van der Waals surface area contributed by atoms with Crippen LogP contribution in [0.25, 0.3) is 0 Å². The molecule has 0 spiro atoms. The van der Waals surface area contributed by atoms with Gasteiger partial charge in [0.15, 0.2) is 0 Å². The van der Waals surface area contributed by atoms with Gasteiger partial charge in [0.05, 0.1) is 6.61 Å². The van der Waals surface area contributed by atoms with Crippen LogP contribution in [0, 0.1) is 11.3 Å². The fraction of sp³-hybridized carbons (Fsp3) is 1.00. The molecular weight excluding hydrogens is 162 g/mol. The fourth-order valence-corrected chi connectivity index (χ4v) is 1.13. The van der Waals surface area contributed by atoms with Crippen LogP contribution in [0.3, 0.4) is 0 Å². The molecule has 0 radical (unpaired) electrons. The molecule has 2 nitrogen and oxygen atoms in total. The standard InChI is InChI=1S/C11H25NO/c1-6-9(2)7-12-10(8-13)11(3,4)5/h9-10,12-13H,6-8H2,1-5H3/t9?,10-/m1/s1. The summed E-state index contributed by atoms with van der Waals surface area (Å²) in [4.78, 5) is 0. The summed E-state index contributed by atoms with van der Waals surface area (Å²) >= 11 is 0. The van der Waals surface area contributed by atoms with Crippen molar-refractivity contribution in [2.24, 2.45) is 11.3 Å². The minimum absolute atomic E-state index is 0.141. The Morgan fingerprint density at radius 3 is 2.15 bits per heavy atom. The quantitative estimate of drug-likeness (QED) is 0.690. The Hall–Kier alpha value is -0.0800. The van der Waals surface area contributed by atoms with Crippen LogP contribution >= 0.6 is 0 Å². The van der Waals surface area contributed by atoms with Gasteiger partial charge in [0.25, 0.3) is 0 Å². The lowest BCUT2D eigenvalue weighted by Gasteiger charge is -2.31.